The first-order chi connectivity index (χ1) is 16.6. The summed E-state index contributed by atoms with van der Waals surface area (Å²) in [5.41, 5.74) is 3.30. The fourth-order valence-electron chi connectivity index (χ4n) is 4.01. The lowest BCUT2D eigenvalue weighted by molar-refractivity contribution is -0.154. The minimum absolute atomic E-state index is 0.0954. The smallest absolute Gasteiger partial charge is 0.345 e. The quantitative estimate of drug-likeness (QED) is 0.102. The molecular formula is C30H28IO3S+. The summed E-state index contributed by atoms with van der Waals surface area (Å²) in [7, 11) is -0.0954. The monoisotopic (exact) mass is 595 g/mol. The van der Waals surface area contributed by atoms with Gasteiger partial charge in [0.25, 0.3) is 0 Å². The Morgan fingerprint density at radius 2 is 1.69 bits per heavy atom. The average molecular weight is 596 g/mol. The number of esters is 1. The third-order valence-electron chi connectivity index (χ3n) is 5.57. The molecule has 0 radical (unpaired) electrons. The number of fused-ring (bicyclic) bond motifs is 1. The first-order valence-electron chi connectivity index (χ1n) is 11.4. The van der Waals surface area contributed by atoms with E-state index in [1.54, 1.807) is 13.8 Å². The van der Waals surface area contributed by atoms with E-state index in [1.807, 2.05) is 38.1 Å². The van der Waals surface area contributed by atoms with Crippen LogP contribution in [0.15, 0.2) is 66.0 Å². The molecule has 178 valence electrons. The van der Waals surface area contributed by atoms with Gasteiger partial charge in [0, 0.05) is 42.7 Å². The first kappa shape index (κ1) is 25.3. The first-order valence-corrected chi connectivity index (χ1v) is 13.8. The molecule has 0 aliphatic heterocycles. The molecule has 5 heteroatoms. The molecule has 1 unspecified atom stereocenters. The Hall–Kier alpha value is -2.82. The van der Waals surface area contributed by atoms with Gasteiger partial charge >= 0.3 is 5.97 Å². The lowest BCUT2D eigenvalue weighted by Gasteiger charge is -2.19. The van der Waals surface area contributed by atoms with Crippen molar-refractivity contribution in [3.05, 3.63) is 91.9 Å². The van der Waals surface area contributed by atoms with Gasteiger partial charge in [-0.25, -0.2) is 4.79 Å². The summed E-state index contributed by atoms with van der Waals surface area (Å²) in [5.74, 6) is 6.42. The number of rotatable bonds is 5. The summed E-state index contributed by atoms with van der Waals surface area (Å²) in [6, 6.07) is 20.8. The summed E-state index contributed by atoms with van der Waals surface area (Å²) in [4.78, 5) is 13.8. The van der Waals surface area contributed by atoms with E-state index in [2.05, 4.69) is 83.1 Å². The van der Waals surface area contributed by atoms with Crippen molar-refractivity contribution in [1.29, 1.82) is 0 Å². The second kappa shape index (κ2) is 10.4. The fourth-order valence-corrected chi connectivity index (χ4v) is 6.85. The van der Waals surface area contributed by atoms with E-state index in [0.29, 0.717) is 0 Å². The molecule has 4 rings (SSSR count). The van der Waals surface area contributed by atoms with Crippen LogP contribution >= 0.6 is 33.1 Å². The Morgan fingerprint density at radius 3 is 2.40 bits per heavy atom. The van der Waals surface area contributed by atoms with Gasteiger partial charge in [-0.3, -0.25) is 0 Å². The molecule has 1 heterocycles. The van der Waals surface area contributed by atoms with Crippen LogP contribution in [0.4, 0.5) is 0 Å². The Morgan fingerprint density at radius 1 is 0.971 bits per heavy atom. The Labute approximate surface area is 223 Å². The number of hydrogen-bond donors (Lipinski definition) is 0. The van der Waals surface area contributed by atoms with Crippen molar-refractivity contribution < 1.29 is 14.3 Å². The highest BCUT2D eigenvalue weighted by Crippen LogP contribution is 2.43. The topological polar surface area (TPSA) is 35.5 Å². The molecule has 1 aromatic heterocycles. The van der Waals surface area contributed by atoms with Crippen molar-refractivity contribution >= 4 is 49.1 Å². The van der Waals surface area contributed by atoms with Crippen molar-refractivity contribution in [3.8, 4) is 22.5 Å². The molecule has 0 bridgehead atoms. The van der Waals surface area contributed by atoms with Gasteiger partial charge in [-0.05, 0) is 98.7 Å². The Kier molecular flexibility index (Phi) is 7.53. The van der Waals surface area contributed by atoms with Gasteiger partial charge in [-0.1, -0.05) is 30.0 Å². The Balaban J connectivity index is 1.46. The molecule has 0 saturated carbocycles. The van der Waals surface area contributed by atoms with Crippen molar-refractivity contribution in [2.24, 2.45) is 0 Å². The molecule has 35 heavy (non-hydrogen) atoms. The van der Waals surface area contributed by atoms with Crippen molar-refractivity contribution in [2.45, 2.75) is 40.2 Å². The SMILES string of the molecule is Cc1cc(-[s+]2cc(C)c3ccccc32)cc(C)c1OCC(=O)OC(C)(C)C#Cc1cccc(I)c1. The third-order valence-corrected chi connectivity index (χ3v) is 8.40. The largest absolute Gasteiger partial charge is 0.481 e. The van der Waals surface area contributed by atoms with E-state index in [4.69, 9.17) is 9.47 Å². The molecule has 3 nitrogen and oxygen atoms in total. The molecular weight excluding hydrogens is 567 g/mol. The van der Waals surface area contributed by atoms with Crippen LogP contribution in [0, 0.1) is 36.2 Å². The minimum atomic E-state index is -0.920. The van der Waals surface area contributed by atoms with Crippen LogP contribution in [0.2, 0.25) is 0 Å². The average Bonchev–Trinajstić information content (AvgIpc) is 3.14. The van der Waals surface area contributed by atoms with E-state index < -0.39 is 11.6 Å². The molecule has 0 spiro atoms. The number of hydrogen-bond acceptors (Lipinski definition) is 3. The zero-order valence-electron chi connectivity index (χ0n) is 20.6. The van der Waals surface area contributed by atoms with Gasteiger partial charge in [0.15, 0.2) is 21.8 Å². The number of carbonyl (C=O) groups excluding carboxylic acids is 1. The lowest BCUT2D eigenvalue weighted by atomic mass is 10.1. The Bertz CT molecular complexity index is 1450. The maximum atomic E-state index is 12.5. The predicted octanol–water partition coefficient (Wildman–Crippen LogP) is 7.86. The normalized spacial score (nSPS) is 11.7. The highest BCUT2D eigenvalue weighted by molar-refractivity contribution is 14.1. The molecule has 0 fully saturated rings. The minimum Gasteiger partial charge on any atom is -0.481 e. The van der Waals surface area contributed by atoms with Crippen LogP contribution in [0.1, 0.15) is 36.1 Å². The van der Waals surface area contributed by atoms with Crippen molar-refractivity contribution in [2.75, 3.05) is 6.61 Å². The van der Waals surface area contributed by atoms with E-state index in [1.165, 1.54) is 20.5 Å². The summed E-state index contributed by atoms with van der Waals surface area (Å²) in [6.45, 7) is 9.62. The number of thiophene rings is 1. The standard InChI is InChI=1S/C30H28IO3S/c1-20-15-25(35-19-22(3)26-11-6-7-12-27(26)35)16-21(2)29(20)33-18-28(32)34-30(4,5)14-13-23-9-8-10-24(31)17-23/h6-12,15-17,19H,18H2,1-5H3/q+1. The predicted molar refractivity (Wildman–Crippen MR) is 154 cm³/mol. The van der Waals surface area contributed by atoms with Crippen LogP contribution in [0.25, 0.3) is 15.0 Å². The van der Waals surface area contributed by atoms with Gasteiger partial charge in [0.05, 0.1) is 0 Å². The second-order valence-electron chi connectivity index (χ2n) is 9.05. The van der Waals surface area contributed by atoms with E-state index >= 15 is 0 Å². The zero-order valence-corrected chi connectivity index (χ0v) is 23.5. The maximum absolute atomic E-state index is 12.5. The summed E-state index contributed by atoms with van der Waals surface area (Å²) < 4.78 is 14.0. The maximum Gasteiger partial charge on any atom is 0.345 e. The number of ether oxygens (including phenoxy) is 2. The highest BCUT2D eigenvalue weighted by Gasteiger charge is 2.23. The lowest BCUT2D eigenvalue weighted by Crippen LogP contribution is -2.29. The van der Waals surface area contributed by atoms with E-state index in [-0.39, 0.29) is 17.1 Å². The summed E-state index contributed by atoms with van der Waals surface area (Å²) >= 11 is 2.25. The molecule has 1 atom stereocenters. The zero-order chi connectivity index (χ0) is 25.2. The molecule has 0 saturated heterocycles. The molecule has 0 aliphatic rings. The summed E-state index contributed by atoms with van der Waals surface area (Å²) in [6.07, 6.45) is 0. The number of aryl methyl sites for hydroxylation is 3. The summed E-state index contributed by atoms with van der Waals surface area (Å²) in [5, 5.41) is 3.66. The number of halogens is 1. The van der Waals surface area contributed by atoms with Crippen LogP contribution in [-0.2, 0) is 9.53 Å². The van der Waals surface area contributed by atoms with E-state index in [9.17, 15) is 4.79 Å². The van der Waals surface area contributed by atoms with E-state index in [0.717, 1.165) is 26.0 Å². The van der Waals surface area contributed by atoms with Crippen LogP contribution in [0.3, 0.4) is 0 Å². The van der Waals surface area contributed by atoms with Gasteiger partial charge in [0.1, 0.15) is 11.1 Å². The van der Waals surface area contributed by atoms with Crippen LogP contribution in [0.5, 0.6) is 5.75 Å². The molecule has 0 aliphatic carbocycles. The van der Waals surface area contributed by atoms with Crippen molar-refractivity contribution in [1.82, 2.24) is 0 Å². The molecule has 0 N–H and O–H groups in total. The molecule has 4 aromatic rings. The number of benzene rings is 3. The molecule has 0 amide bonds. The van der Waals surface area contributed by atoms with Gasteiger partial charge in [-0.15, -0.1) is 0 Å². The van der Waals surface area contributed by atoms with Crippen molar-refractivity contribution in [3.63, 3.8) is 0 Å². The van der Waals surface area contributed by atoms with Crippen LogP contribution in [-0.4, -0.2) is 18.2 Å². The van der Waals surface area contributed by atoms with Gasteiger partial charge in [-0.2, -0.15) is 0 Å². The van der Waals surface area contributed by atoms with Crippen LogP contribution < -0.4 is 4.74 Å². The third kappa shape index (κ3) is 6.06. The number of carbonyl (C=O) groups is 1. The van der Waals surface area contributed by atoms with Gasteiger partial charge < -0.3 is 9.47 Å². The fraction of sp³-hybridized carbons (Fsp3) is 0.233. The second-order valence-corrected chi connectivity index (χ2v) is 12.1. The van der Waals surface area contributed by atoms with Gasteiger partial charge in [0.2, 0.25) is 0 Å². The molecule has 3 aromatic carbocycles. The highest BCUT2D eigenvalue weighted by atomic mass is 127.